The van der Waals surface area contributed by atoms with E-state index in [-0.39, 0.29) is 17.6 Å². The van der Waals surface area contributed by atoms with Crippen molar-refractivity contribution in [3.05, 3.63) is 29.8 Å². The molecule has 0 aromatic heterocycles. The molecule has 1 aliphatic rings. The number of piperidine rings is 1. The maximum Gasteiger partial charge on any atom is 0.410 e. The van der Waals surface area contributed by atoms with E-state index in [2.05, 4.69) is 12.2 Å². The molecule has 144 valence electrons. The molecule has 1 aromatic carbocycles. The lowest BCUT2D eigenvalue weighted by Crippen LogP contribution is -2.51. The van der Waals surface area contributed by atoms with Crippen molar-refractivity contribution >= 4 is 17.7 Å². The predicted octanol–water partition coefficient (Wildman–Crippen LogP) is 4.06. The zero-order valence-corrected chi connectivity index (χ0v) is 16.4. The Kier molecular flexibility index (Phi) is 6.16. The molecule has 6 nitrogen and oxygen atoms in total. The largest absolute Gasteiger partial charge is 0.465 e. The van der Waals surface area contributed by atoms with Crippen LogP contribution in [-0.2, 0) is 9.47 Å². The van der Waals surface area contributed by atoms with Crippen LogP contribution >= 0.6 is 0 Å². The summed E-state index contributed by atoms with van der Waals surface area (Å²) in [5.74, 6) is -0.340. The summed E-state index contributed by atoms with van der Waals surface area (Å²) >= 11 is 0. The summed E-state index contributed by atoms with van der Waals surface area (Å²) in [6, 6.07) is 7.30. The molecular formula is C20H30N2O4. The Balaban J connectivity index is 1.98. The van der Waals surface area contributed by atoms with Crippen molar-refractivity contribution < 1.29 is 19.1 Å². The molecule has 1 saturated heterocycles. The molecule has 0 saturated carbocycles. The van der Waals surface area contributed by atoms with E-state index in [1.54, 1.807) is 17.0 Å². The number of carbonyl (C=O) groups excluding carboxylic acids is 2. The first-order chi connectivity index (χ1) is 12.2. The first-order valence-electron chi connectivity index (χ1n) is 9.12. The smallest absolute Gasteiger partial charge is 0.410 e. The highest BCUT2D eigenvalue weighted by Gasteiger charge is 2.35. The van der Waals surface area contributed by atoms with Crippen LogP contribution in [0.3, 0.4) is 0 Å². The van der Waals surface area contributed by atoms with Crippen molar-refractivity contribution in [1.82, 2.24) is 4.90 Å². The van der Waals surface area contributed by atoms with Crippen LogP contribution in [0.2, 0.25) is 0 Å². The number of nitrogens with zero attached hydrogens (tertiary/aromatic N) is 1. The second-order valence-corrected chi connectivity index (χ2v) is 7.80. The molecule has 1 amide bonds. The number of hydrogen-bond donors (Lipinski definition) is 1. The lowest BCUT2D eigenvalue weighted by Gasteiger charge is -2.42. The average Bonchev–Trinajstić information content (AvgIpc) is 2.60. The first-order valence-corrected chi connectivity index (χ1v) is 9.12. The molecule has 0 atom stereocenters. The van der Waals surface area contributed by atoms with E-state index in [9.17, 15) is 9.59 Å². The number of amides is 1. The molecule has 1 aromatic rings. The summed E-state index contributed by atoms with van der Waals surface area (Å²) in [4.78, 5) is 25.6. The molecule has 6 heteroatoms. The Bertz CT molecular complexity index is 626. The van der Waals surface area contributed by atoms with E-state index in [1.807, 2.05) is 32.9 Å². The monoisotopic (exact) mass is 362 g/mol. The number of methoxy groups -OCH3 is 1. The van der Waals surface area contributed by atoms with Crippen LogP contribution in [0, 0.1) is 0 Å². The molecule has 0 spiro atoms. The SMILES string of the molecule is CCC1(Nc2ccc(C(=O)OC)cc2)CCN(C(=O)OC(C)(C)C)CC1. The van der Waals surface area contributed by atoms with Crippen LogP contribution in [0.25, 0.3) is 0 Å². The predicted molar refractivity (Wildman–Crippen MR) is 101 cm³/mol. The van der Waals surface area contributed by atoms with Crippen molar-refractivity contribution in [3.63, 3.8) is 0 Å². The minimum Gasteiger partial charge on any atom is -0.465 e. The van der Waals surface area contributed by atoms with Crippen LogP contribution in [-0.4, -0.2) is 48.3 Å². The zero-order chi connectivity index (χ0) is 19.4. The van der Waals surface area contributed by atoms with E-state index in [0.717, 1.165) is 24.9 Å². The third-order valence-electron chi connectivity index (χ3n) is 4.76. The molecule has 1 heterocycles. The fourth-order valence-corrected chi connectivity index (χ4v) is 3.12. The van der Waals surface area contributed by atoms with Gasteiger partial charge in [-0.05, 0) is 64.3 Å². The van der Waals surface area contributed by atoms with Crippen LogP contribution in [0.1, 0.15) is 57.3 Å². The molecule has 0 aliphatic carbocycles. The van der Waals surface area contributed by atoms with Gasteiger partial charge in [0.25, 0.3) is 0 Å². The number of ether oxygens (including phenoxy) is 2. The second kappa shape index (κ2) is 7.98. The lowest BCUT2D eigenvalue weighted by atomic mass is 9.84. The Morgan fingerprint density at radius 1 is 1.15 bits per heavy atom. The molecule has 0 bridgehead atoms. The fraction of sp³-hybridized carbons (Fsp3) is 0.600. The summed E-state index contributed by atoms with van der Waals surface area (Å²) in [6.07, 6.45) is 2.40. The third kappa shape index (κ3) is 5.13. The topological polar surface area (TPSA) is 67.9 Å². The van der Waals surface area contributed by atoms with Gasteiger partial charge in [-0.25, -0.2) is 9.59 Å². The molecule has 1 aliphatic heterocycles. The third-order valence-corrected chi connectivity index (χ3v) is 4.76. The van der Waals surface area contributed by atoms with Gasteiger partial charge in [-0.15, -0.1) is 0 Å². The van der Waals surface area contributed by atoms with E-state index in [4.69, 9.17) is 9.47 Å². The van der Waals surface area contributed by atoms with Gasteiger partial charge in [0.1, 0.15) is 5.60 Å². The normalized spacial score (nSPS) is 16.7. The summed E-state index contributed by atoms with van der Waals surface area (Å²) < 4.78 is 10.2. The minimum atomic E-state index is -0.476. The van der Waals surface area contributed by atoms with Gasteiger partial charge in [-0.3, -0.25) is 0 Å². The van der Waals surface area contributed by atoms with Gasteiger partial charge in [0.05, 0.1) is 12.7 Å². The van der Waals surface area contributed by atoms with Gasteiger partial charge in [0, 0.05) is 24.3 Å². The number of nitrogens with one attached hydrogen (secondary N) is 1. The van der Waals surface area contributed by atoms with Crippen molar-refractivity contribution in [2.75, 3.05) is 25.5 Å². The van der Waals surface area contributed by atoms with Gasteiger partial charge in [0.2, 0.25) is 0 Å². The highest BCUT2D eigenvalue weighted by molar-refractivity contribution is 5.89. The van der Waals surface area contributed by atoms with Crippen molar-refractivity contribution in [2.45, 2.75) is 58.1 Å². The summed E-state index contributed by atoms with van der Waals surface area (Å²) in [7, 11) is 1.37. The van der Waals surface area contributed by atoms with Crippen molar-refractivity contribution in [2.24, 2.45) is 0 Å². The Labute approximate surface area is 155 Å². The average molecular weight is 362 g/mol. The molecule has 26 heavy (non-hydrogen) atoms. The number of hydrogen-bond acceptors (Lipinski definition) is 5. The molecule has 1 fully saturated rings. The Morgan fingerprint density at radius 2 is 1.73 bits per heavy atom. The highest BCUT2D eigenvalue weighted by atomic mass is 16.6. The van der Waals surface area contributed by atoms with E-state index < -0.39 is 5.60 Å². The van der Waals surface area contributed by atoms with Crippen LogP contribution < -0.4 is 5.32 Å². The highest BCUT2D eigenvalue weighted by Crippen LogP contribution is 2.31. The van der Waals surface area contributed by atoms with Gasteiger partial charge in [-0.1, -0.05) is 6.92 Å². The fourth-order valence-electron chi connectivity index (χ4n) is 3.12. The number of esters is 1. The number of anilines is 1. The van der Waals surface area contributed by atoms with E-state index in [0.29, 0.717) is 18.7 Å². The minimum absolute atomic E-state index is 0.0642. The second-order valence-electron chi connectivity index (χ2n) is 7.80. The Hall–Kier alpha value is -2.24. The molecule has 0 radical (unpaired) electrons. The standard InChI is InChI=1S/C20H30N2O4/c1-6-20(21-16-9-7-15(8-10-16)17(23)25-5)11-13-22(14-12-20)18(24)26-19(2,3)4/h7-10,21H,6,11-14H2,1-5H3. The summed E-state index contributed by atoms with van der Waals surface area (Å²) in [6.45, 7) is 9.12. The Morgan fingerprint density at radius 3 is 2.19 bits per heavy atom. The maximum atomic E-state index is 12.2. The summed E-state index contributed by atoms with van der Waals surface area (Å²) in [5.41, 5.74) is 0.954. The zero-order valence-electron chi connectivity index (χ0n) is 16.4. The van der Waals surface area contributed by atoms with Crippen molar-refractivity contribution in [3.8, 4) is 0 Å². The molecule has 0 unspecified atom stereocenters. The van der Waals surface area contributed by atoms with E-state index in [1.165, 1.54) is 7.11 Å². The van der Waals surface area contributed by atoms with Crippen molar-refractivity contribution in [1.29, 1.82) is 0 Å². The first kappa shape index (κ1) is 20.1. The van der Waals surface area contributed by atoms with Gasteiger partial charge in [0.15, 0.2) is 0 Å². The molecular weight excluding hydrogens is 332 g/mol. The molecule has 2 rings (SSSR count). The number of benzene rings is 1. The summed E-state index contributed by atoms with van der Waals surface area (Å²) in [5, 5.41) is 3.61. The number of likely N-dealkylation sites (tertiary alicyclic amines) is 1. The van der Waals surface area contributed by atoms with Crippen LogP contribution in [0.15, 0.2) is 24.3 Å². The quantitative estimate of drug-likeness (QED) is 0.818. The number of carbonyl (C=O) groups is 2. The van der Waals surface area contributed by atoms with Crippen LogP contribution in [0.4, 0.5) is 10.5 Å². The van der Waals surface area contributed by atoms with Gasteiger partial charge in [-0.2, -0.15) is 0 Å². The van der Waals surface area contributed by atoms with Crippen LogP contribution in [0.5, 0.6) is 0 Å². The maximum absolute atomic E-state index is 12.2. The van der Waals surface area contributed by atoms with Gasteiger partial charge < -0.3 is 19.7 Å². The molecule has 1 N–H and O–H groups in total. The lowest BCUT2D eigenvalue weighted by molar-refractivity contribution is 0.0176. The van der Waals surface area contributed by atoms with Gasteiger partial charge >= 0.3 is 12.1 Å². The van der Waals surface area contributed by atoms with E-state index >= 15 is 0 Å². The number of rotatable bonds is 4.